The highest BCUT2D eigenvalue weighted by Gasteiger charge is 2.36. The van der Waals surface area contributed by atoms with Gasteiger partial charge >= 0.3 is 6.09 Å². The molecule has 0 aromatic heterocycles. The highest BCUT2D eigenvalue weighted by atomic mass is 32.1. The topological polar surface area (TPSA) is 87.7 Å². The Morgan fingerprint density at radius 2 is 1.59 bits per heavy atom. The number of para-hydroxylation sites is 1. The Hall–Kier alpha value is -3.00. The molecule has 0 saturated heterocycles. The fourth-order valence-electron chi connectivity index (χ4n) is 4.34. The lowest BCUT2D eigenvalue weighted by Crippen LogP contribution is -2.53. The molecule has 2 aromatic carbocycles. The number of ether oxygens (including phenoxy) is 1. The van der Waals surface area contributed by atoms with Crippen molar-refractivity contribution in [3.8, 4) is 0 Å². The number of hydrogen-bond donors (Lipinski definition) is 3. The standard InChI is InChI=1S/C31H45N3O4S/c1-9-10-11-17-34(29(36)25(19-39)32-30(37)38-31(6,7)8)27(24-16-15-20(2)23(5)18-24)28(35)33-26-21(3)13-12-14-22(26)4/h12-16,18,25,27,39H,9-11,17,19H2,1-8H3,(H,32,37)(H,33,35). The summed E-state index contributed by atoms with van der Waals surface area (Å²) in [5, 5.41) is 5.77. The average molecular weight is 556 g/mol. The summed E-state index contributed by atoms with van der Waals surface area (Å²) < 4.78 is 5.39. The third-order valence-corrected chi connectivity index (χ3v) is 6.96. The Bertz CT molecular complexity index is 1140. The Labute approximate surface area is 239 Å². The van der Waals surface area contributed by atoms with Gasteiger partial charge in [0.15, 0.2) is 0 Å². The van der Waals surface area contributed by atoms with Gasteiger partial charge in [-0.1, -0.05) is 56.2 Å². The average Bonchev–Trinajstić information content (AvgIpc) is 2.85. The van der Waals surface area contributed by atoms with Crippen molar-refractivity contribution in [2.75, 3.05) is 17.6 Å². The predicted octanol–water partition coefficient (Wildman–Crippen LogP) is 6.44. The molecule has 0 aliphatic heterocycles. The first-order valence-electron chi connectivity index (χ1n) is 13.6. The van der Waals surface area contributed by atoms with Crippen LogP contribution in [0.25, 0.3) is 0 Å². The number of carbonyl (C=O) groups excluding carboxylic acids is 3. The van der Waals surface area contributed by atoms with Gasteiger partial charge in [0.25, 0.3) is 5.91 Å². The van der Waals surface area contributed by atoms with E-state index in [1.165, 1.54) is 0 Å². The Morgan fingerprint density at radius 3 is 2.13 bits per heavy atom. The summed E-state index contributed by atoms with van der Waals surface area (Å²) in [7, 11) is 0. The van der Waals surface area contributed by atoms with Crippen LogP contribution in [0.5, 0.6) is 0 Å². The first kappa shape index (κ1) is 32.2. The molecule has 3 amide bonds. The van der Waals surface area contributed by atoms with Gasteiger partial charge in [0.2, 0.25) is 5.91 Å². The van der Waals surface area contributed by atoms with Crippen LogP contribution in [0.15, 0.2) is 36.4 Å². The second kappa shape index (κ2) is 14.4. The van der Waals surface area contributed by atoms with E-state index in [1.807, 2.05) is 64.1 Å². The smallest absolute Gasteiger partial charge is 0.408 e. The molecule has 7 nitrogen and oxygen atoms in total. The lowest BCUT2D eigenvalue weighted by atomic mass is 9.97. The lowest BCUT2D eigenvalue weighted by molar-refractivity contribution is -0.140. The molecule has 0 saturated carbocycles. The quantitative estimate of drug-likeness (QED) is 0.220. The molecule has 8 heteroatoms. The summed E-state index contributed by atoms with van der Waals surface area (Å²) in [5.74, 6) is -0.636. The van der Waals surface area contributed by atoms with Gasteiger partial charge in [0, 0.05) is 18.0 Å². The number of rotatable bonds is 11. The number of benzene rings is 2. The summed E-state index contributed by atoms with van der Waals surface area (Å²) in [6, 6.07) is 9.78. The van der Waals surface area contributed by atoms with Crippen molar-refractivity contribution < 1.29 is 19.1 Å². The third kappa shape index (κ3) is 9.31. The number of carbonyl (C=O) groups is 3. The highest BCUT2D eigenvalue weighted by Crippen LogP contribution is 2.28. The fraction of sp³-hybridized carbons (Fsp3) is 0.516. The molecule has 2 atom stereocenters. The molecule has 2 aromatic rings. The third-order valence-electron chi connectivity index (χ3n) is 6.59. The number of nitrogens with zero attached hydrogens (tertiary/aromatic N) is 1. The molecule has 0 fully saturated rings. The zero-order valence-electron chi connectivity index (χ0n) is 24.7. The highest BCUT2D eigenvalue weighted by molar-refractivity contribution is 7.80. The van der Waals surface area contributed by atoms with Crippen LogP contribution < -0.4 is 10.6 Å². The van der Waals surface area contributed by atoms with Crippen molar-refractivity contribution in [3.63, 3.8) is 0 Å². The SMILES string of the molecule is CCCCCN(C(=O)C(CS)NC(=O)OC(C)(C)C)C(C(=O)Nc1c(C)cccc1C)c1ccc(C)c(C)c1. The number of thiol groups is 1. The molecule has 39 heavy (non-hydrogen) atoms. The fourth-order valence-corrected chi connectivity index (χ4v) is 4.59. The lowest BCUT2D eigenvalue weighted by Gasteiger charge is -2.34. The first-order valence-corrected chi connectivity index (χ1v) is 14.3. The molecule has 0 radical (unpaired) electrons. The van der Waals surface area contributed by atoms with E-state index in [9.17, 15) is 14.4 Å². The van der Waals surface area contributed by atoms with E-state index in [-0.39, 0.29) is 17.6 Å². The van der Waals surface area contributed by atoms with Gasteiger partial charge in [-0.15, -0.1) is 0 Å². The normalized spacial score (nSPS) is 12.8. The van der Waals surface area contributed by atoms with Crippen LogP contribution in [0.1, 0.15) is 80.8 Å². The molecule has 2 rings (SSSR count). The van der Waals surface area contributed by atoms with Crippen LogP contribution >= 0.6 is 12.6 Å². The second-order valence-electron chi connectivity index (χ2n) is 11.1. The minimum atomic E-state index is -0.966. The number of nitrogens with one attached hydrogen (secondary N) is 2. The zero-order chi connectivity index (χ0) is 29.3. The van der Waals surface area contributed by atoms with Gasteiger partial charge in [0.05, 0.1) is 0 Å². The molecule has 2 unspecified atom stereocenters. The second-order valence-corrected chi connectivity index (χ2v) is 11.5. The van der Waals surface area contributed by atoms with E-state index in [0.29, 0.717) is 18.5 Å². The van der Waals surface area contributed by atoms with Crippen molar-refractivity contribution in [1.82, 2.24) is 10.2 Å². The van der Waals surface area contributed by atoms with Crippen molar-refractivity contribution >= 4 is 36.2 Å². The number of hydrogen-bond acceptors (Lipinski definition) is 5. The van der Waals surface area contributed by atoms with Crippen molar-refractivity contribution in [2.24, 2.45) is 0 Å². The molecular weight excluding hydrogens is 510 g/mol. The maximum absolute atomic E-state index is 14.1. The van der Waals surface area contributed by atoms with Crippen molar-refractivity contribution in [1.29, 1.82) is 0 Å². The van der Waals surface area contributed by atoms with Crippen LogP contribution in [0.2, 0.25) is 0 Å². The van der Waals surface area contributed by atoms with Gasteiger partial charge in [-0.05, 0) is 82.7 Å². The van der Waals surface area contributed by atoms with Crippen molar-refractivity contribution in [2.45, 2.75) is 92.3 Å². The maximum Gasteiger partial charge on any atom is 0.408 e. The van der Waals surface area contributed by atoms with Gasteiger partial charge < -0.3 is 20.3 Å². The van der Waals surface area contributed by atoms with Crippen LogP contribution in [0.4, 0.5) is 10.5 Å². The van der Waals surface area contributed by atoms with E-state index in [0.717, 1.165) is 40.8 Å². The van der Waals surface area contributed by atoms with Gasteiger partial charge in [0.1, 0.15) is 17.7 Å². The predicted molar refractivity (Wildman–Crippen MR) is 161 cm³/mol. The zero-order valence-corrected chi connectivity index (χ0v) is 25.6. The Kier molecular flexibility index (Phi) is 11.9. The molecule has 0 aliphatic rings. The maximum atomic E-state index is 14.1. The van der Waals surface area contributed by atoms with E-state index in [4.69, 9.17) is 4.74 Å². The van der Waals surface area contributed by atoms with E-state index >= 15 is 0 Å². The molecule has 214 valence electrons. The molecule has 0 heterocycles. The number of anilines is 1. The molecular formula is C31H45N3O4S. The van der Waals surface area contributed by atoms with Gasteiger partial charge in [-0.2, -0.15) is 12.6 Å². The Balaban J connectivity index is 2.56. The largest absolute Gasteiger partial charge is 0.444 e. The van der Waals surface area contributed by atoms with Crippen molar-refractivity contribution in [3.05, 3.63) is 64.2 Å². The first-order chi connectivity index (χ1) is 18.3. The van der Waals surface area contributed by atoms with Crippen LogP contribution in [-0.2, 0) is 14.3 Å². The monoisotopic (exact) mass is 555 g/mol. The number of amides is 3. The number of alkyl carbamates (subject to hydrolysis) is 1. The summed E-state index contributed by atoms with van der Waals surface area (Å²) in [6.45, 7) is 15.6. The van der Waals surface area contributed by atoms with Gasteiger partial charge in [-0.3, -0.25) is 9.59 Å². The van der Waals surface area contributed by atoms with Gasteiger partial charge in [-0.25, -0.2) is 4.79 Å². The van der Waals surface area contributed by atoms with E-state index < -0.39 is 23.8 Å². The van der Waals surface area contributed by atoms with Crippen LogP contribution in [0, 0.1) is 27.7 Å². The summed E-state index contributed by atoms with van der Waals surface area (Å²) in [4.78, 5) is 42.3. The Morgan fingerprint density at radius 1 is 0.949 bits per heavy atom. The summed E-state index contributed by atoms with van der Waals surface area (Å²) in [6.07, 6.45) is 1.86. The van der Waals surface area contributed by atoms with E-state index in [2.05, 4.69) is 30.2 Å². The minimum Gasteiger partial charge on any atom is -0.444 e. The van der Waals surface area contributed by atoms with Crippen LogP contribution in [0.3, 0.4) is 0 Å². The molecule has 0 bridgehead atoms. The number of aryl methyl sites for hydroxylation is 4. The van der Waals surface area contributed by atoms with Crippen LogP contribution in [-0.4, -0.2) is 46.7 Å². The van der Waals surface area contributed by atoms with E-state index in [1.54, 1.807) is 25.7 Å². The summed E-state index contributed by atoms with van der Waals surface area (Å²) >= 11 is 4.37. The molecule has 2 N–H and O–H groups in total. The minimum absolute atomic E-state index is 0.0561. The molecule has 0 aliphatic carbocycles. The molecule has 0 spiro atoms. The number of unbranched alkanes of at least 4 members (excludes halogenated alkanes) is 2. The summed E-state index contributed by atoms with van der Waals surface area (Å²) in [5.41, 5.74) is 4.71.